The summed E-state index contributed by atoms with van der Waals surface area (Å²) >= 11 is 0. The Balaban J connectivity index is 1.59. The van der Waals surface area contributed by atoms with E-state index in [2.05, 4.69) is 5.32 Å². The second kappa shape index (κ2) is 9.27. The molecule has 2 aromatic carbocycles. The van der Waals surface area contributed by atoms with E-state index in [0.717, 1.165) is 12.8 Å². The fourth-order valence-corrected chi connectivity index (χ4v) is 4.56. The number of benzene rings is 2. The van der Waals surface area contributed by atoms with Crippen LogP contribution in [0.4, 0.5) is 5.69 Å². The van der Waals surface area contributed by atoms with Gasteiger partial charge in [0.05, 0.1) is 17.6 Å². The number of nitrogens with zero attached hydrogens (tertiary/aromatic N) is 1. The lowest BCUT2D eigenvalue weighted by molar-refractivity contribution is -0.123. The number of hydrogen-bond acceptors (Lipinski definition) is 6. The molecular weight excluding hydrogens is 408 g/mol. The number of ether oxygens (including phenoxy) is 2. The molecule has 9 heteroatoms. The molecule has 30 heavy (non-hydrogen) atoms. The zero-order valence-electron chi connectivity index (χ0n) is 16.8. The number of hydrogen-bond donors (Lipinski definition) is 1. The monoisotopic (exact) mass is 432 g/mol. The molecule has 1 atom stereocenters. The van der Waals surface area contributed by atoms with Crippen LogP contribution in [0.3, 0.4) is 0 Å². The Morgan fingerprint density at radius 2 is 1.60 bits per heavy atom. The van der Waals surface area contributed by atoms with Gasteiger partial charge < -0.3 is 14.8 Å². The van der Waals surface area contributed by atoms with Gasteiger partial charge in [-0.2, -0.15) is 4.31 Å². The Morgan fingerprint density at radius 1 is 1.00 bits per heavy atom. The molecule has 1 saturated heterocycles. The van der Waals surface area contributed by atoms with Gasteiger partial charge in [0.2, 0.25) is 10.0 Å². The van der Waals surface area contributed by atoms with Crippen molar-refractivity contribution in [1.29, 1.82) is 0 Å². The number of anilines is 1. The molecule has 0 bridgehead atoms. The summed E-state index contributed by atoms with van der Waals surface area (Å²) in [5.74, 6) is -0.540. The van der Waals surface area contributed by atoms with E-state index in [-0.39, 0.29) is 10.5 Å². The lowest BCUT2D eigenvalue weighted by Gasteiger charge is -2.16. The summed E-state index contributed by atoms with van der Waals surface area (Å²) in [5, 5.41) is 2.65. The number of amides is 1. The zero-order valence-corrected chi connectivity index (χ0v) is 17.6. The SMILES string of the molecule is COc1ccc(NC(=O)C(C)OC(=O)c2ccc(S(=O)(=O)N3CCCC3)cc2)cc1. The summed E-state index contributed by atoms with van der Waals surface area (Å²) in [6.07, 6.45) is 0.660. The second-order valence-electron chi connectivity index (χ2n) is 6.90. The minimum absolute atomic E-state index is 0.131. The van der Waals surface area contributed by atoms with E-state index in [1.165, 1.54) is 35.5 Å². The van der Waals surface area contributed by atoms with Crippen molar-refractivity contribution in [2.75, 3.05) is 25.5 Å². The number of methoxy groups -OCH3 is 1. The molecule has 1 aliphatic rings. The van der Waals surface area contributed by atoms with Gasteiger partial charge in [-0.3, -0.25) is 4.79 Å². The normalized spacial score (nSPS) is 15.4. The molecule has 160 valence electrons. The molecule has 8 nitrogen and oxygen atoms in total. The van der Waals surface area contributed by atoms with Crippen molar-refractivity contribution in [2.45, 2.75) is 30.8 Å². The Kier molecular flexibility index (Phi) is 6.73. The predicted molar refractivity (Wildman–Crippen MR) is 111 cm³/mol. The van der Waals surface area contributed by atoms with Crippen LogP contribution in [-0.2, 0) is 19.6 Å². The second-order valence-corrected chi connectivity index (χ2v) is 8.84. The number of carbonyl (C=O) groups is 2. The van der Waals surface area contributed by atoms with Crippen molar-refractivity contribution in [2.24, 2.45) is 0 Å². The first kappa shape index (κ1) is 21.8. The maximum absolute atomic E-state index is 12.5. The van der Waals surface area contributed by atoms with Gasteiger partial charge in [0.1, 0.15) is 5.75 Å². The van der Waals surface area contributed by atoms with Gasteiger partial charge in [0.25, 0.3) is 5.91 Å². The first-order chi connectivity index (χ1) is 14.3. The highest BCUT2D eigenvalue weighted by atomic mass is 32.2. The largest absolute Gasteiger partial charge is 0.497 e. The van der Waals surface area contributed by atoms with E-state index in [9.17, 15) is 18.0 Å². The van der Waals surface area contributed by atoms with Crippen LogP contribution in [0, 0.1) is 0 Å². The maximum atomic E-state index is 12.5. The van der Waals surface area contributed by atoms with E-state index in [1.54, 1.807) is 31.4 Å². The van der Waals surface area contributed by atoms with Gasteiger partial charge in [-0.05, 0) is 68.3 Å². The summed E-state index contributed by atoms with van der Waals surface area (Å²) in [7, 11) is -2.00. The molecule has 0 radical (unpaired) electrons. The van der Waals surface area contributed by atoms with Crippen molar-refractivity contribution >= 4 is 27.6 Å². The van der Waals surface area contributed by atoms with Crippen LogP contribution in [0.25, 0.3) is 0 Å². The summed E-state index contributed by atoms with van der Waals surface area (Å²) < 4.78 is 36.8. The van der Waals surface area contributed by atoms with Gasteiger partial charge in [-0.15, -0.1) is 0 Å². The molecule has 1 fully saturated rings. The van der Waals surface area contributed by atoms with Crippen LogP contribution >= 0.6 is 0 Å². The lowest BCUT2D eigenvalue weighted by atomic mass is 10.2. The third-order valence-electron chi connectivity index (χ3n) is 4.80. The van der Waals surface area contributed by atoms with E-state index in [1.807, 2.05) is 0 Å². The molecule has 1 aliphatic heterocycles. The first-order valence-corrected chi connectivity index (χ1v) is 11.0. The molecule has 1 heterocycles. The fourth-order valence-electron chi connectivity index (χ4n) is 3.04. The van der Waals surface area contributed by atoms with E-state index in [0.29, 0.717) is 24.5 Å². The average molecular weight is 432 g/mol. The van der Waals surface area contributed by atoms with Crippen LogP contribution in [0.5, 0.6) is 5.75 Å². The summed E-state index contributed by atoms with van der Waals surface area (Å²) in [4.78, 5) is 24.7. The fraction of sp³-hybridized carbons (Fsp3) is 0.333. The topological polar surface area (TPSA) is 102 Å². The molecule has 1 unspecified atom stereocenters. The van der Waals surface area contributed by atoms with Crippen LogP contribution in [0.15, 0.2) is 53.4 Å². The molecular formula is C21H24N2O6S. The molecule has 0 spiro atoms. The van der Waals surface area contributed by atoms with Crippen molar-refractivity contribution in [3.8, 4) is 5.75 Å². The summed E-state index contributed by atoms with van der Waals surface area (Å²) in [6, 6.07) is 12.3. The molecule has 1 N–H and O–H groups in total. The van der Waals surface area contributed by atoms with Gasteiger partial charge >= 0.3 is 5.97 Å². The molecule has 0 saturated carbocycles. The predicted octanol–water partition coefficient (Wildman–Crippen LogP) is 2.66. The minimum Gasteiger partial charge on any atom is -0.497 e. The van der Waals surface area contributed by atoms with Crippen LogP contribution in [-0.4, -0.2) is 50.9 Å². The summed E-state index contributed by atoms with van der Waals surface area (Å²) in [6.45, 7) is 2.48. The zero-order chi connectivity index (χ0) is 21.7. The van der Waals surface area contributed by atoms with E-state index < -0.39 is 28.0 Å². The van der Waals surface area contributed by atoms with Crippen molar-refractivity contribution in [3.63, 3.8) is 0 Å². The highest BCUT2D eigenvalue weighted by Gasteiger charge is 2.27. The molecule has 0 aromatic heterocycles. The smallest absolute Gasteiger partial charge is 0.338 e. The van der Waals surface area contributed by atoms with Crippen LogP contribution < -0.4 is 10.1 Å². The average Bonchev–Trinajstić information content (AvgIpc) is 3.30. The third-order valence-corrected chi connectivity index (χ3v) is 6.72. The first-order valence-electron chi connectivity index (χ1n) is 9.57. The third kappa shape index (κ3) is 4.98. The van der Waals surface area contributed by atoms with Gasteiger partial charge in [0.15, 0.2) is 6.10 Å². The van der Waals surface area contributed by atoms with Crippen molar-refractivity contribution in [3.05, 3.63) is 54.1 Å². The number of rotatable bonds is 7. The Hall–Kier alpha value is -2.91. The number of esters is 1. The quantitative estimate of drug-likeness (QED) is 0.675. The van der Waals surface area contributed by atoms with Crippen molar-refractivity contribution in [1.82, 2.24) is 4.31 Å². The van der Waals surface area contributed by atoms with Gasteiger partial charge in [0, 0.05) is 18.8 Å². The molecule has 1 amide bonds. The Morgan fingerprint density at radius 3 is 2.17 bits per heavy atom. The molecule has 0 aliphatic carbocycles. The maximum Gasteiger partial charge on any atom is 0.338 e. The number of carbonyl (C=O) groups excluding carboxylic acids is 2. The van der Waals surface area contributed by atoms with E-state index in [4.69, 9.17) is 9.47 Å². The van der Waals surface area contributed by atoms with Gasteiger partial charge in [-0.1, -0.05) is 0 Å². The van der Waals surface area contributed by atoms with Crippen LogP contribution in [0.2, 0.25) is 0 Å². The standard InChI is InChI=1S/C21H24N2O6S/c1-15(20(24)22-17-7-9-18(28-2)10-8-17)29-21(25)16-5-11-19(12-6-16)30(26,27)23-13-3-4-14-23/h5-12,15H,3-4,13-14H2,1-2H3,(H,22,24). The molecule has 2 aromatic rings. The van der Waals surface area contributed by atoms with Crippen molar-refractivity contribution < 1.29 is 27.5 Å². The van der Waals surface area contributed by atoms with Gasteiger partial charge in [-0.25, -0.2) is 13.2 Å². The summed E-state index contributed by atoms with van der Waals surface area (Å²) in [5.41, 5.74) is 0.708. The molecule has 3 rings (SSSR count). The Labute approximate surface area is 175 Å². The number of nitrogens with one attached hydrogen (secondary N) is 1. The number of sulfonamides is 1. The highest BCUT2D eigenvalue weighted by molar-refractivity contribution is 7.89. The Bertz CT molecular complexity index is 997. The lowest BCUT2D eigenvalue weighted by Crippen LogP contribution is -2.30. The van der Waals surface area contributed by atoms with Crippen LogP contribution in [0.1, 0.15) is 30.1 Å². The minimum atomic E-state index is -3.55. The highest BCUT2D eigenvalue weighted by Crippen LogP contribution is 2.21. The van der Waals surface area contributed by atoms with E-state index >= 15 is 0 Å².